The van der Waals surface area contributed by atoms with Crippen molar-refractivity contribution in [1.82, 2.24) is 0 Å². The van der Waals surface area contributed by atoms with E-state index in [0.29, 0.717) is 5.02 Å². The minimum absolute atomic E-state index is 0.262. The standard InChI is InChI=1S/C7H8ClNO3S/c1-2-11-7(10)12-6-5(9)4(8)3-13-6/h3H,2,9H2,1H3. The topological polar surface area (TPSA) is 61.5 Å². The summed E-state index contributed by atoms with van der Waals surface area (Å²) in [6.07, 6.45) is -0.771. The van der Waals surface area contributed by atoms with Crippen molar-refractivity contribution >= 4 is 34.8 Å². The molecule has 0 aliphatic carbocycles. The van der Waals surface area contributed by atoms with Crippen LogP contribution in [0.1, 0.15) is 6.92 Å². The van der Waals surface area contributed by atoms with Crippen molar-refractivity contribution < 1.29 is 14.3 Å². The van der Waals surface area contributed by atoms with Crippen LogP contribution in [0.2, 0.25) is 5.02 Å². The monoisotopic (exact) mass is 221 g/mol. The first-order chi connectivity index (χ1) is 6.15. The summed E-state index contributed by atoms with van der Waals surface area (Å²) in [7, 11) is 0. The third-order valence-electron chi connectivity index (χ3n) is 1.18. The third kappa shape index (κ3) is 2.50. The predicted molar refractivity (Wildman–Crippen MR) is 51.4 cm³/mol. The molecular formula is C7H8ClNO3S. The van der Waals surface area contributed by atoms with Gasteiger partial charge < -0.3 is 15.2 Å². The summed E-state index contributed by atoms with van der Waals surface area (Å²) in [6, 6.07) is 0. The van der Waals surface area contributed by atoms with Crippen LogP contribution in [0.4, 0.5) is 10.5 Å². The molecule has 13 heavy (non-hydrogen) atoms. The van der Waals surface area contributed by atoms with Crippen molar-refractivity contribution in [2.75, 3.05) is 12.3 Å². The molecule has 0 spiro atoms. The Morgan fingerprint density at radius 2 is 2.46 bits per heavy atom. The van der Waals surface area contributed by atoms with Crippen LogP contribution in [-0.2, 0) is 4.74 Å². The lowest BCUT2D eigenvalue weighted by Gasteiger charge is -2.01. The number of thiophene rings is 1. The molecule has 6 heteroatoms. The van der Waals surface area contributed by atoms with Crippen LogP contribution >= 0.6 is 22.9 Å². The van der Waals surface area contributed by atoms with E-state index in [-0.39, 0.29) is 17.4 Å². The van der Waals surface area contributed by atoms with E-state index in [0.717, 1.165) is 11.3 Å². The van der Waals surface area contributed by atoms with Crippen molar-refractivity contribution in [3.05, 3.63) is 10.4 Å². The lowest BCUT2D eigenvalue weighted by atomic mass is 10.5. The maximum Gasteiger partial charge on any atom is 0.514 e. The maximum atomic E-state index is 10.8. The number of anilines is 1. The number of ether oxygens (including phenoxy) is 2. The molecule has 1 aromatic heterocycles. The molecule has 0 saturated carbocycles. The molecule has 1 aromatic rings. The second kappa shape index (κ2) is 4.34. The molecule has 0 atom stereocenters. The average molecular weight is 222 g/mol. The van der Waals surface area contributed by atoms with Crippen LogP contribution in [0.5, 0.6) is 5.06 Å². The molecule has 72 valence electrons. The van der Waals surface area contributed by atoms with Gasteiger partial charge in [-0.1, -0.05) is 11.6 Å². The lowest BCUT2D eigenvalue weighted by Crippen LogP contribution is -2.09. The van der Waals surface area contributed by atoms with Gasteiger partial charge in [-0.25, -0.2) is 4.79 Å². The molecule has 0 amide bonds. The molecule has 1 rings (SSSR count). The SMILES string of the molecule is CCOC(=O)Oc1scc(Cl)c1N. The van der Waals surface area contributed by atoms with Crippen LogP contribution in [0.25, 0.3) is 0 Å². The quantitative estimate of drug-likeness (QED) is 0.780. The molecule has 1 heterocycles. The number of hydrogen-bond acceptors (Lipinski definition) is 5. The van der Waals surface area contributed by atoms with E-state index in [1.165, 1.54) is 0 Å². The van der Waals surface area contributed by atoms with Crippen molar-refractivity contribution in [3.8, 4) is 5.06 Å². The van der Waals surface area contributed by atoms with Crippen LogP contribution in [-0.4, -0.2) is 12.8 Å². The Hall–Kier alpha value is -0.940. The summed E-state index contributed by atoms with van der Waals surface area (Å²) in [5, 5.41) is 2.23. The molecule has 0 fully saturated rings. The highest BCUT2D eigenvalue weighted by Gasteiger charge is 2.12. The van der Waals surface area contributed by atoms with Crippen LogP contribution in [0, 0.1) is 0 Å². The number of carbonyl (C=O) groups is 1. The number of rotatable bonds is 2. The number of carbonyl (C=O) groups excluding carboxylic acids is 1. The van der Waals surface area contributed by atoms with Crippen LogP contribution in [0.15, 0.2) is 5.38 Å². The zero-order valence-electron chi connectivity index (χ0n) is 6.87. The molecule has 0 saturated heterocycles. The Bertz CT molecular complexity index is 313. The Balaban J connectivity index is 2.64. The van der Waals surface area contributed by atoms with Crippen molar-refractivity contribution in [2.45, 2.75) is 6.92 Å². The molecule has 0 bridgehead atoms. The van der Waals surface area contributed by atoms with E-state index in [4.69, 9.17) is 22.1 Å². The number of nitrogen functional groups attached to an aromatic ring is 1. The molecule has 4 nitrogen and oxygen atoms in total. The molecule has 0 radical (unpaired) electrons. The fourth-order valence-electron chi connectivity index (χ4n) is 0.632. The Morgan fingerprint density at radius 1 is 1.77 bits per heavy atom. The van der Waals surface area contributed by atoms with E-state index in [9.17, 15) is 4.79 Å². The van der Waals surface area contributed by atoms with E-state index in [1.807, 2.05) is 0 Å². The summed E-state index contributed by atoms with van der Waals surface area (Å²) >= 11 is 6.79. The number of halogens is 1. The summed E-state index contributed by atoms with van der Waals surface area (Å²) in [6.45, 7) is 1.95. The van der Waals surface area contributed by atoms with Gasteiger partial charge in [-0.15, -0.1) is 11.3 Å². The van der Waals surface area contributed by atoms with Gasteiger partial charge in [0, 0.05) is 5.38 Å². The molecule has 2 N–H and O–H groups in total. The fraction of sp³-hybridized carbons (Fsp3) is 0.286. The van der Waals surface area contributed by atoms with Gasteiger partial charge in [-0.3, -0.25) is 0 Å². The first-order valence-electron chi connectivity index (χ1n) is 3.52. The average Bonchev–Trinajstić information content (AvgIpc) is 2.37. The smallest absolute Gasteiger partial charge is 0.434 e. The highest BCUT2D eigenvalue weighted by Crippen LogP contribution is 2.36. The van der Waals surface area contributed by atoms with Crippen LogP contribution in [0.3, 0.4) is 0 Å². The predicted octanol–water partition coefficient (Wildman–Crippen LogP) is 2.52. The first-order valence-corrected chi connectivity index (χ1v) is 4.78. The zero-order chi connectivity index (χ0) is 9.84. The molecule has 0 aromatic carbocycles. The molecular weight excluding hydrogens is 214 g/mol. The number of hydrogen-bond donors (Lipinski definition) is 1. The van der Waals surface area contributed by atoms with E-state index < -0.39 is 6.16 Å². The highest BCUT2D eigenvalue weighted by atomic mass is 35.5. The van der Waals surface area contributed by atoms with Gasteiger partial charge in [0.15, 0.2) is 0 Å². The minimum Gasteiger partial charge on any atom is -0.434 e. The summed E-state index contributed by atoms with van der Waals surface area (Å²) < 4.78 is 9.31. The zero-order valence-corrected chi connectivity index (χ0v) is 8.45. The Labute approximate surface area is 84.2 Å². The van der Waals surface area contributed by atoms with Gasteiger partial charge >= 0.3 is 6.16 Å². The highest BCUT2D eigenvalue weighted by molar-refractivity contribution is 7.13. The molecule has 0 aliphatic heterocycles. The molecule has 0 aliphatic rings. The van der Waals surface area contributed by atoms with Gasteiger partial charge in [0.05, 0.1) is 11.6 Å². The van der Waals surface area contributed by atoms with Crippen molar-refractivity contribution in [1.29, 1.82) is 0 Å². The van der Waals surface area contributed by atoms with Crippen LogP contribution < -0.4 is 10.5 Å². The maximum absolute atomic E-state index is 10.8. The summed E-state index contributed by atoms with van der Waals surface area (Å²) in [5.41, 5.74) is 5.76. The second-order valence-electron chi connectivity index (χ2n) is 2.07. The van der Waals surface area contributed by atoms with Gasteiger partial charge in [0.25, 0.3) is 0 Å². The van der Waals surface area contributed by atoms with E-state index in [1.54, 1.807) is 12.3 Å². The summed E-state index contributed by atoms with van der Waals surface area (Å²) in [5.74, 6) is 0. The largest absolute Gasteiger partial charge is 0.514 e. The fourth-order valence-corrected chi connectivity index (χ4v) is 1.60. The van der Waals surface area contributed by atoms with Gasteiger partial charge in [0.1, 0.15) is 5.69 Å². The van der Waals surface area contributed by atoms with E-state index >= 15 is 0 Å². The third-order valence-corrected chi connectivity index (χ3v) is 2.50. The summed E-state index contributed by atoms with van der Waals surface area (Å²) in [4.78, 5) is 10.8. The second-order valence-corrected chi connectivity index (χ2v) is 3.32. The lowest BCUT2D eigenvalue weighted by molar-refractivity contribution is 0.106. The number of nitrogens with two attached hydrogens (primary N) is 1. The van der Waals surface area contributed by atoms with Gasteiger partial charge in [0.2, 0.25) is 5.06 Å². The molecule has 0 unspecified atom stereocenters. The van der Waals surface area contributed by atoms with Gasteiger partial charge in [-0.05, 0) is 6.92 Å². The first kappa shape index (κ1) is 10.1. The normalized spacial score (nSPS) is 9.69. The van der Waals surface area contributed by atoms with Crippen molar-refractivity contribution in [3.63, 3.8) is 0 Å². The van der Waals surface area contributed by atoms with E-state index in [2.05, 4.69) is 4.74 Å². The Kier molecular flexibility index (Phi) is 3.39. The minimum atomic E-state index is -0.771. The van der Waals surface area contributed by atoms with Crippen molar-refractivity contribution in [2.24, 2.45) is 0 Å². The van der Waals surface area contributed by atoms with Gasteiger partial charge in [-0.2, -0.15) is 0 Å². The Morgan fingerprint density at radius 3 is 2.92 bits per heavy atom.